The number of ether oxygens (including phenoxy) is 1. The van der Waals surface area contributed by atoms with Gasteiger partial charge in [-0.25, -0.2) is 4.79 Å². The third kappa shape index (κ3) is 2.91. The highest BCUT2D eigenvalue weighted by atomic mass is 16.6. The predicted octanol–water partition coefficient (Wildman–Crippen LogP) is 2.17. The van der Waals surface area contributed by atoms with Crippen molar-refractivity contribution in [2.75, 3.05) is 7.11 Å². The van der Waals surface area contributed by atoms with Gasteiger partial charge in [-0.1, -0.05) is 0 Å². The van der Waals surface area contributed by atoms with E-state index in [-0.39, 0.29) is 5.69 Å². The average Bonchev–Trinajstić information content (AvgIpc) is 2.28. The Hall–Kier alpha value is -2.17. The first-order chi connectivity index (χ1) is 7.54. The summed E-state index contributed by atoms with van der Waals surface area (Å²) in [6.45, 7) is 1.73. The van der Waals surface area contributed by atoms with Crippen molar-refractivity contribution in [1.29, 1.82) is 0 Å². The van der Waals surface area contributed by atoms with Crippen molar-refractivity contribution in [1.82, 2.24) is 0 Å². The molecule has 0 amide bonds. The van der Waals surface area contributed by atoms with E-state index in [1.54, 1.807) is 19.1 Å². The number of esters is 1. The Morgan fingerprint density at radius 1 is 1.38 bits per heavy atom. The Morgan fingerprint density at radius 2 is 1.94 bits per heavy atom. The molecule has 16 heavy (non-hydrogen) atoms. The van der Waals surface area contributed by atoms with Crippen LogP contribution in [0.4, 0.5) is 5.69 Å². The number of non-ortho nitro benzene ring substituents is 1. The molecule has 0 aliphatic heterocycles. The Balaban J connectivity index is 2.94. The summed E-state index contributed by atoms with van der Waals surface area (Å²) < 4.78 is 4.48. The summed E-state index contributed by atoms with van der Waals surface area (Å²) in [5, 5.41) is 10.4. The molecule has 84 valence electrons. The van der Waals surface area contributed by atoms with E-state index in [0.29, 0.717) is 5.57 Å². The van der Waals surface area contributed by atoms with Crippen molar-refractivity contribution in [2.24, 2.45) is 0 Å². The molecule has 0 aliphatic carbocycles. The first kappa shape index (κ1) is 11.9. The molecule has 5 heteroatoms. The van der Waals surface area contributed by atoms with Crippen molar-refractivity contribution in [2.45, 2.75) is 6.92 Å². The van der Waals surface area contributed by atoms with E-state index >= 15 is 0 Å². The fraction of sp³-hybridized carbons (Fsp3) is 0.182. The third-order valence-corrected chi connectivity index (χ3v) is 2.07. The molecule has 0 fully saturated rings. The lowest BCUT2D eigenvalue weighted by molar-refractivity contribution is -0.384. The molecule has 0 saturated carbocycles. The quantitative estimate of drug-likeness (QED) is 0.339. The lowest BCUT2D eigenvalue weighted by Crippen LogP contribution is -1.96. The van der Waals surface area contributed by atoms with Crippen LogP contribution in [0.3, 0.4) is 0 Å². The van der Waals surface area contributed by atoms with Gasteiger partial charge in [-0.05, 0) is 30.2 Å². The number of nitro groups is 1. The van der Waals surface area contributed by atoms with E-state index < -0.39 is 10.9 Å². The summed E-state index contributed by atoms with van der Waals surface area (Å²) in [7, 11) is 1.29. The molecule has 0 bridgehead atoms. The Kier molecular flexibility index (Phi) is 3.77. The summed E-state index contributed by atoms with van der Waals surface area (Å²) >= 11 is 0. The molecule has 0 unspecified atom stereocenters. The number of allylic oxidation sites excluding steroid dienone is 1. The van der Waals surface area contributed by atoms with Crippen LogP contribution in [0, 0.1) is 10.1 Å². The fourth-order valence-electron chi connectivity index (χ4n) is 1.17. The van der Waals surface area contributed by atoms with Crippen molar-refractivity contribution in [3.8, 4) is 0 Å². The lowest BCUT2D eigenvalue weighted by atomic mass is 10.1. The predicted molar refractivity (Wildman–Crippen MR) is 58.8 cm³/mol. The van der Waals surface area contributed by atoms with Crippen LogP contribution >= 0.6 is 0 Å². The normalized spacial score (nSPS) is 11.0. The van der Waals surface area contributed by atoms with Gasteiger partial charge in [0, 0.05) is 18.2 Å². The smallest absolute Gasteiger partial charge is 0.330 e. The zero-order valence-corrected chi connectivity index (χ0v) is 8.97. The van der Waals surface area contributed by atoms with Crippen molar-refractivity contribution < 1.29 is 14.5 Å². The van der Waals surface area contributed by atoms with Gasteiger partial charge in [-0.3, -0.25) is 10.1 Å². The van der Waals surface area contributed by atoms with Gasteiger partial charge in [0.15, 0.2) is 0 Å². The number of hydrogen-bond acceptors (Lipinski definition) is 4. The molecule has 0 atom stereocenters. The number of nitrogens with zero attached hydrogens (tertiary/aromatic N) is 1. The molecule has 0 aliphatic rings. The van der Waals surface area contributed by atoms with E-state index in [0.717, 1.165) is 5.56 Å². The highest BCUT2D eigenvalue weighted by Gasteiger charge is 2.05. The van der Waals surface area contributed by atoms with Gasteiger partial charge in [0.2, 0.25) is 0 Å². The molecular formula is C11H11NO4. The second-order valence-corrected chi connectivity index (χ2v) is 3.15. The molecule has 0 radical (unpaired) electrons. The zero-order valence-electron chi connectivity index (χ0n) is 8.97. The molecule has 1 aromatic rings. The van der Waals surface area contributed by atoms with Crippen molar-refractivity contribution >= 4 is 17.2 Å². The highest BCUT2D eigenvalue weighted by Crippen LogP contribution is 2.18. The number of methoxy groups -OCH3 is 1. The van der Waals surface area contributed by atoms with E-state index in [1.165, 1.54) is 25.3 Å². The number of carbonyl (C=O) groups excluding carboxylic acids is 1. The maximum absolute atomic E-state index is 11.0. The molecule has 0 heterocycles. The molecule has 1 rings (SSSR count). The highest BCUT2D eigenvalue weighted by molar-refractivity contribution is 5.90. The summed E-state index contributed by atoms with van der Waals surface area (Å²) in [6.07, 6.45) is 1.33. The standard InChI is InChI=1S/C11H11NO4/c1-8(7-11(13)16-2)9-3-5-10(6-4-9)12(14)15/h3-7H,1-2H3/b8-7+. The average molecular weight is 221 g/mol. The second-order valence-electron chi connectivity index (χ2n) is 3.15. The lowest BCUT2D eigenvalue weighted by Gasteiger charge is -2.00. The molecule has 0 saturated heterocycles. The van der Waals surface area contributed by atoms with Gasteiger partial charge >= 0.3 is 5.97 Å². The summed E-state index contributed by atoms with van der Waals surface area (Å²) in [6, 6.07) is 5.97. The molecule has 0 spiro atoms. The SMILES string of the molecule is COC(=O)/C=C(\C)c1ccc([N+](=O)[O-])cc1. The number of hydrogen-bond donors (Lipinski definition) is 0. The maximum atomic E-state index is 11.0. The van der Waals surface area contributed by atoms with Crippen LogP contribution in [0.25, 0.3) is 5.57 Å². The van der Waals surface area contributed by atoms with Crippen LogP contribution in [0.5, 0.6) is 0 Å². The number of nitro benzene ring substituents is 1. The van der Waals surface area contributed by atoms with Crippen molar-refractivity contribution in [3.05, 3.63) is 46.0 Å². The van der Waals surface area contributed by atoms with Crippen LogP contribution in [0.15, 0.2) is 30.3 Å². The fourth-order valence-corrected chi connectivity index (χ4v) is 1.17. The van der Waals surface area contributed by atoms with E-state index in [2.05, 4.69) is 4.74 Å². The van der Waals surface area contributed by atoms with Gasteiger partial charge in [0.25, 0.3) is 5.69 Å². The number of rotatable bonds is 3. The Bertz CT molecular complexity index is 434. The molecule has 1 aromatic carbocycles. The summed E-state index contributed by atoms with van der Waals surface area (Å²) in [4.78, 5) is 20.9. The largest absolute Gasteiger partial charge is 0.466 e. The second kappa shape index (κ2) is 5.06. The van der Waals surface area contributed by atoms with Crippen LogP contribution in [-0.2, 0) is 9.53 Å². The minimum absolute atomic E-state index is 0.0228. The van der Waals surface area contributed by atoms with E-state index in [9.17, 15) is 14.9 Å². The van der Waals surface area contributed by atoms with E-state index in [4.69, 9.17) is 0 Å². The monoisotopic (exact) mass is 221 g/mol. The van der Waals surface area contributed by atoms with Crippen LogP contribution < -0.4 is 0 Å². The molecular weight excluding hydrogens is 210 g/mol. The Labute approximate surface area is 92.5 Å². The number of carbonyl (C=O) groups is 1. The molecule has 0 N–H and O–H groups in total. The molecule has 0 aromatic heterocycles. The number of benzene rings is 1. The molecule has 5 nitrogen and oxygen atoms in total. The van der Waals surface area contributed by atoms with Gasteiger partial charge < -0.3 is 4.74 Å². The zero-order chi connectivity index (χ0) is 12.1. The van der Waals surface area contributed by atoms with Crippen molar-refractivity contribution in [3.63, 3.8) is 0 Å². The third-order valence-electron chi connectivity index (χ3n) is 2.07. The van der Waals surface area contributed by atoms with Crippen LogP contribution in [-0.4, -0.2) is 18.0 Å². The van der Waals surface area contributed by atoms with Crippen LogP contribution in [0.1, 0.15) is 12.5 Å². The minimum Gasteiger partial charge on any atom is -0.466 e. The first-order valence-corrected chi connectivity index (χ1v) is 4.55. The van der Waals surface area contributed by atoms with E-state index in [1.807, 2.05) is 0 Å². The van der Waals surface area contributed by atoms with Gasteiger partial charge in [0.1, 0.15) is 0 Å². The van der Waals surface area contributed by atoms with Gasteiger partial charge in [0.05, 0.1) is 12.0 Å². The van der Waals surface area contributed by atoms with Crippen LogP contribution in [0.2, 0.25) is 0 Å². The maximum Gasteiger partial charge on any atom is 0.330 e. The summed E-state index contributed by atoms with van der Waals surface area (Å²) in [5.74, 6) is -0.448. The summed E-state index contributed by atoms with van der Waals surface area (Å²) in [5.41, 5.74) is 1.47. The first-order valence-electron chi connectivity index (χ1n) is 4.55. The Morgan fingerprint density at radius 3 is 2.38 bits per heavy atom. The topological polar surface area (TPSA) is 69.4 Å². The van der Waals surface area contributed by atoms with Gasteiger partial charge in [-0.2, -0.15) is 0 Å². The minimum atomic E-state index is -0.469. The van der Waals surface area contributed by atoms with Gasteiger partial charge in [-0.15, -0.1) is 0 Å².